The highest BCUT2D eigenvalue weighted by Gasteiger charge is 2.06. The van der Waals surface area contributed by atoms with Crippen molar-refractivity contribution in [3.8, 4) is 5.75 Å². The van der Waals surface area contributed by atoms with Crippen molar-refractivity contribution >= 4 is 23.2 Å². The Balaban J connectivity index is 1.37. The fraction of sp³-hybridized carbons (Fsp3) is 0.286. The number of carbonyl (C=O) groups is 2. The minimum absolute atomic E-state index is 0.0985. The van der Waals surface area contributed by atoms with E-state index in [0.29, 0.717) is 19.4 Å². The summed E-state index contributed by atoms with van der Waals surface area (Å²) in [5, 5.41) is 6.03. The van der Waals surface area contributed by atoms with Crippen molar-refractivity contribution in [3.63, 3.8) is 0 Å². The summed E-state index contributed by atoms with van der Waals surface area (Å²) >= 11 is 0. The predicted octanol–water partition coefficient (Wildman–Crippen LogP) is 4.77. The van der Waals surface area contributed by atoms with Gasteiger partial charge in [-0.3, -0.25) is 9.59 Å². The molecule has 178 valence electrons. The molecule has 3 rings (SSSR count). The van der Waals surface area contributed by atoms with Crippen LogP contribution in [0.5, 0.6) is 5.75 Å². The number of carbonyl (C=O) groups excluding carboxylic acids is 2. The predicted molar refractivity (Wildman–Crippen MR) is 137 cm³/mol. The van der Waals surface area contributed by atoms with Gasteiger partial charge in [0, 0.05) is 31.9 Å². The highest BCUT2D eigenvalue weighted by atomic mass is 16.5. The lowest BCUT2D eigenvalue weighted by Crippen LogP contribution is -2.22. The summed E-state index contributed by atoms with van der Waals surface area (Å²) in [7, 11) is 3.51. The molecule has 34 heavy (non-hydrogen) atoms. The van der Waals surface area contributed by atoms with E-state index in [1.54, 1.807) is 19.0 Å². The molecule has 0 aliphatic carbocycles. The number of hydrogen-bond acceptors (Lipinski definition) is 4. The van der Waals surface area contributed by atoms with E-state index in [9.17, 15) is 9.59 Å². The van der Waals surface area contributed by atoms with E-state index in [-0.39, 0.29) is 18.4 Å². The van der Waals surface area contributed by atoms with E-state index in [0.717, 1.165) is 35.5 Å². The minimum Gasteiger partial charge on any atom is -0.494 e. The molecular weight excluding hydrogens is 426 g/mol. The zero-order valence-corrected chi connectivity index (χ0v) is 19.9. The van der Waals surface area contributed by atoms with Gasteiger partial charge in [0.15, 0.2) is 0 Å². The molecule has 0 fully saturated rings. The van der Waals surface area contributed by atoms with Gasteiger partial charge < -0.3 is 20.3 Å². The lowest BCUT2D eigenvalue weighted by atomic mass is 10.1. The molecule has 0 bridgehead atoms. The number of amides is 2. The van der Waals surface area contributed by atoms with Crippen LogP contribution < -0.4 is 15.4 Å². The van der Waals surface area contributed by atoms with Crippen LogP contribution in [-0.2, 0) is 22.4 Å². The summed E-state index contributed by atoms with van der Waals surface area (Å²) in [4.78, 5) is 25.7. The van der Waals surface area contributed by atoms with Gasteiger partial charge in [-0.05, 0) is 66.8 Å². The van der Waals surface area contributed by atoms with Crippen LogP contribution in [0.1, 0.15) is 24.0 Å². The van der Waals surface area contributed by atoms with Gasteiger partial charge in [0.05, 0.1) is 13.2 Å². The molecule has 0 saturated heterocycles. The molecule has 0 aromatic heterocycles. The summed E-state index contributed by atoms with van der Waals surface area (Å²) in [6, 6.07) is 25.6. The van der Waals surface area contributed by atoms with Gasteiger partial charge in [0.2, 0.25) is 11.8 Å². The Kier molecular flexibility index (Phi) is 9.52. The molecule has 6 heteroatoms. The Morgan fingerprint density at radius 2 is 1.56 bits per heavy atom. The minimum atomic E-state index is -0.135. The monoisotopic (exact) mass is 459 g/mol. The first-order valence-corrected chi connectivity index (χ1v) is 11.6. The van der Waals surface area contributed by atoms with E-state index in [1.807, 2.05) is 66.7 Å². The Bertz CT molecular complexity index is 1050. The van der Waals surface area contributed by atoms with Gasteiger partial charge in [-0.25, -0.2) is 0 Å². The number of ether oxygens (including phenoxy) is 1. The molecule has 2 N–H and O–H groups in total. The van der Waals surface area contributed by atoms with Gasteiger partial charge in [-0.15, -0.1) is 0 Å². The number of nitrogens with zero attached hydrogens (tertiary/aromatic N) is 1. The number of nitrogens with one attached hydrogen (secondary N) is 2. The maximum absolute atomic E-state index is 12.3. The van der Waals surface area contributed by atoms with Crippen LogP contribution in [0.25, 0.3) is 0 Å². The summed E-state index contributed by atoms with van der Waals surface area (Å²) in [5.41, 5.74) is 3.94. The first-order valence-electron chi connectivity index (χ1n) is 11.6. The van der Waals surface area contributed by atoms with E-state index in [4.69, 9.17) is 4.74 Å². The molecule has 0 radical (unpaired) electrons. The highest BCUT2D eigenvalue weighted by molar-refractivity contribution is 5.93. The Labute approximate surface area is 201 Å². The van der Waals surface area contributed by atoms with Crippen LogP contribution in [0.15, 0.2) is 78.9 Å². The summed E-state index contributed by atoms with van der Waals surface area (Å²) < 4.78 is 5.80. The molecule has 6 nitrogen and oxygen atoms in total. The zero-order valence-electron chi connectivity index (χ0n) is 19.9. The van der Waals surface area contributed by atoms with Crippen molar-refractivity contribution in [1.29, 1.82) is 0 Å². The molecule has 0 spiro atoms. The van der Waals surface area contributed by atoms with Crippen LogP contribution >= 0.6 is 0 Å². The molecule has 0 heterocycles. The zero-order chi connectivity index (χ0) is 24.2. The van der Waals surface area contributed by atoms with Crippen LogP contribution in [0.2, 0.25) is 0 Å². The van der Waals surface area contributed by atoms with Crippen LogP contribution in [0.4, 0.5) is 11.4 Å². The third-order valence-corrected chi connectivity index (χ3v) is 5.37. The first-order chi connectivity index (χ1) is 16.5. The van der Waals surface area contributed by atoms with Gasteiger partial charge in [-0.1, -0.05) is 42.5 Å². The third-order valence-electron chi connectivity index (χ3n) is 5.37. The van der Waals surface area contributed by atoms with E-state index < -0.39 is 0 Å². The summed E-state index contributed by atoms with van der Waals surface area (Å²) in [6.45, 7) is 0.796. The maximum Gasteiger partial charge on any atom is 0.243 e. The Morgan fingerprint density at radius 1 is 0.824 bits per heavy atom. The second kappa shape index (κ2) is 13.0. The summed E-state index contributed by atoms with van der Waals surface area (Å²) in [5.74, 6) is 0.750. The Morgan fingerprint density at radius 3 is 2.29 bits per heavy atom. The van der Waals surface area contributed by atoms with Gasteiger partial charge in [0.25, 0.3) is 0 Å². The number of rotatable bonds is 12. The van der Waals surface area contributed by atoms with Gasteiger partial charge >= 0.3 is 0 Å². The van der Waals surface area contributed by atoms with Crippen molar-refractivity contribution in [2.24, 2.45) is 0 Å². The lowest BCUT2D eigenvalue weighted by Gasteiger charge is -2.11. The van der Waals surface area contributed by atoms with Gasteiger partial charge in [0.1, 0.15) is 5.75 Å². The average molecular weight is 460 g/mol. The molecular formula is C28H33N3O3. The van der Waals surface area contributed by atoms with Crippen LogP contribution in [0, 0.1) is 0 Å². The molecule has 3 aromatic carbocycles. The second-order valence-electron chi connectivity index (χ2n) is 8.35. The van der Waals surface area contributed by atoms with E-state index in [1.165, 1.54) is 5.56 Å². The van der Waals surface area contributed by atoms with Crippen LogP contribution in [-0.4, -0.2) is 44.0 Å². The van der Waals surface area contributed by atoms with Crippen molar-refractivity contribution in [2.45, 2.75) is 25.7 Å². The van der Waals surface area contributed by atoms with Crippen LogP contribution in [0.3, 0.4) is 0 Å². The normalized spacial score (nSPS) is 10.4. The molecule has 2 amide bonds. The molecule has 0 atom stereocenters. The molecule has 0 unspecified atom stereocenters. The van der Waals surface area contributed by atoms with Crippen molar-refractivity contribution in [2.75, 3.05) is 37.9 Å². The number of benzene rings is 3. The van der Waals surface area contributed by atoms with E-state index in [2.05, 4.69) is 22.8 Å². The molecule has 0 saturated carbocycles. The fourth-order valence-electron chi connectivity index (χ4n) is 3.44. The fourth-order valence-corrected chi connectivity index (χ4v) is 3.44. The van der Waals surface area contributed by atoms with Crippen molar-refractivity contribution < 1.29 is 14.3 Å². The average Bonchev–Trinajstić information content (AvgIpc) is 2.86. The number of aryl methyl sites for hydroxylation is 2. The number of anilines is 2. The molecule has 3 aromatic rings. The van der Waals surface area contributed by atoms with Crippen molar-refractivity contribution in [3.05, 3.63) is 90.0 Å². The SMILES string of the molecule is CN(C)C(=O)CCc1cccc(NCC(=O)Nc2ccc(OCCCc3ccccc3)cc2)c1. The molecule has 0 aliphatic heterocycles. The standard InChI is InChI=1S/C28H33N3O3/c1-31(2)28(33)18-13-23-10-6-12-25(20-23)29-21-27(32)30-24-14-16-26(17-15-24)34-19-7-11-22-8-4-3-5-9-22/h3-6,8-10,12,14-17,20,29H,7,11,13,18-19,21H2,1-2H3,(H,30,32). The maximum atomic E-state index is 12.3. The lowest BCUT2D eigenvalue weighted by molar-refractivity contribution is -0.128. The van der Waals surface area contributed by atoms with E-state index >= 15 is 0 Å². The summed E-state index contributed by atoms with van der Waals surface area (Å²) in [6.07, 6.45) is 3.06. The topological polar surface area (TPSA) is 70.7 Å². The number of hydrogen-bond donors (Lipinski definition) is 2. The highest BCUT2D eigenvalue weighted by Crippen LogP contribution is 2.17. The Hall–Kier alpha value is -3.80. The first kappa shape index (κ1) is 24.8. The second-order valence-corrected chi connectivity index (χ2v) is 8.35. The van der Waals surface area contributed by atoms with Crippen molar-refractivity contribution in [1.82, 2.24) is 4.90 Å². The molecule has 0 aliphatic rings. The third kappa shape index (κ3) is 8.62. The van der Waals surface area contributed by atoms with Gasteiger partial charge in [-0.2, -0.15) is 0 Å². The largest absolute Gasteiger partial charge is 0.494 e. The quantitative estimate of drug-likeness (QED) is 0.383. The smallest absolute Gasteiger partial charge is 0.243 e.